The van der Waals surface area contributed by atoms with Gasteiger partial charge in [-0.1, -0.05) is 5.92 Å². The molecule has 1 saturated heterocycles. The standard InChI is InChI=1S/C14H17FN3O13P3/c1-3-13(20)11(19)14(15,6-28-33(24,25)31-34(26,27)30-32(21,22)23)29-12(13)18-5-4-9-8(2)16-7-17-10(9)18/h1,4-5,7,11-12,19-20H,6H2,2H3,(H,24,25)(H,26,27)(H2,21,22,23)/t11-,12+,13+,14+/m0/s1. The smallest absolute Gasteiger partial charge is 0.383 e. The van der Waals surface area contributed by atoms with Gasteiger partial charge >= 0.3 is 23.5 Å². The number of fused-ring (bicyclic) bond motifs is 1. The number of aryl methyl sites for hydroxylation is 1. The van der Waals surface area contributed by atoms with Gasteiger partial charge in [0.15, 0.2) is 12.3 Å². The van der Waals surface area contributed by atoms with Crippen molar-refractivity contribution in [3.05, 3.63) is 24.3 Å². The second kappa shape index (κ2) is 8.81. The Labute approximate surface area is 189 Å². The van der Waals surface area contributed by atoms with Gasteiger partial charge in [-0.25, -0.2) is 28.1 Å². The van der Waals surface area contributed by atoms with Gasteiger partial charge < -0.3 is 39.1 Å². The Morgan fingerprint density at radius 3 is 2.47 bits per heavy atom. The Morgan fingerprint density at radius 2 is 1.88 bits per heavy atom. The van der Waals surface area contributed by atoms with Gasteiger partial charge in [0.1, 0.15) is 18.6 Å². The zero-order valence-electron chi connectivity index (χ0n) is 16.8. The highest BCUT2D eigenvalue weighted by Crippen LogP contribution is 2.66. The molecule has 16 nitrogen and oxygen atoms in total. The summed E-state index contributed by atoms with van der Waals surface area (Å²) in [5.41, 5.74) is -2.15. The van der Waals surface area contributed by atoms with Crippen molar-refractivity contribution in [2.24, 2.45) is 0 Å². The molecule has 0 aromatic carbocycles. The van der Waals surface area contributed by atoms with Gasteiger partial charge in [0.25, 0.3) is 5.85 Å². The third-order valence-electron chi connectivity index (χ3n) is 4.54. The van der Waals surface area contributed by atoms with Crippen LogP contribution in [0.2, 0.25) is 0 Å². The first-order valence-corrected chi connectivity index (χ1v) is 13.3. The van der Waals surface area contributed by atoms with Gasteiger partial charge in [-0.05, 0) is 13.0 Å². The zero-order valence-corrected chi connectivity index (χ0v) is 19.5. The number of aliphatic hydroxyl groups excluding tert-OH is 1. The lowest BCUT2D eigenvalue weighted by atomic mass is 9.94. The number of alkyl halides is 1. The molecule has 6 atom stereocenters. The maximum Gasteiger partial charge on any atom is 0.490 e. The first-order valence-electron chi connectivity index (χ1n) is 8.74. The van der Waals surface area contributed by atoms with E-state index in [0.29, 0.717) is 11.1 Å². The fraction of sp³-hybridized carbons (Fsp3) is 0.429. The van der Waals surface area contributed by atoms with Gasteiger partial charge in [-0.3, -0.25) is 4.52 Å². The van der Waals surface area contributed by atoms with Gasteiger partial charge in [-0.15, -0.1) is 6.42 Å². The van der Waals surface area contributed by atoms with Crippen LogP contribution >= 0.6 is 23.5 Å². The van der Waals surface area contributed by atoms with Gasteiger partial charge in [0.2, 0.25) is 5.60 Å². The largest absolute Gasteiger partial charge is 0.490 e. The van der Waals surface area contributed by atoms with E-state index in [-0.39, 0.29) is 5.65 Å². The highest BCUT2D eigenvalue weighted by Gasteiger charge is 2.65. The van der Waals surface area contributed by atoms with Crippen LogP contribution in [0.15, 0.2) is 18.6 Å². The van der Waals surface area contributed by atoms with Gasteiger partial charge in [-0.2, -0.15) is 8.62 Å². The lowest BCUT2D eigenvalue weighted by Crippen LogP contribution is -2.50. The molecule has 0 bridgehead atoms. The molecule has 2 aromatic heterocycles. The van der Waals surface area contributed by atoms with Crippen LogP contribution in [0.5, 0.6) is 0 Å². The Morgan fingerprint density at radius 1 is 1.24 bits per heavy atom. The predicted octanol–water partition coefficient (Wildman–Crippen LogP) is 0.00282. The fourth-order valence-electron chi connectivity index (χ4n) is 3.10. The van der Waals surface area contributed by atoms with E-state index in [1.807, 2.05) is 0 Å². The summed E-state index contributed by atoms with van der Waals surface area (Å²) in [6, 6.07) is 1.49. The molecule has 2 aromatic rings. The van der Waals surface area contributed by atoms with Crippen LogP contribution in [0.25, 0.3) is 11.0 Å². The van der Waals surface area contributed by atoms with Crippen molar-refractivity contribution >= 4 is 34.5 Å². The number of phosphoric ester groups is 1. The van der Waals surface area contributed by atoms with Crippen molar-refractivity contribution in [3.63, 3.8) is 0 Å². The molecule has 3 heterocycles. The summed E-state index contributed by atoms with van der Waals surface area (Å²) in [4.78, 5) is 43.7. The summed E-state index contributed by atoms with van der Waals surface area (Å²) < 4.78 is 66.7. The Bertz CT molecular complexity index is 1290. The molecule has 1 fully saturated rings. The minimum atomic E-state index is -5.88. The molecule has 0 radical (unpaired) electrons. The molecule has 1 aliphatic heterocycles. The molecule has 0 amide bonds. The van der Waals surface area contributed by atoms with Gasteiger partial charge in [0.05, 0.1) is 5.69 Å². The van der Waals surface area contributed by atoms with Crippen LogP contribution in [0.4, 0.5) is 4.39 Å². The molecule has 0 saturated carbocycles. The minimum Gasteiger partial charge on any atom is -0.383 e. The second-order valence-corrected chi connectivity index (χ2v) is 11.3. The number of ether oxygens (including phenoxy) is 1. The SMILES string of the molecule is C#C[C@]1(O)[C@H](n2ccc3c(C)ncnc32)O[C@](F)(COP(=O)(O)OP(=O)(O)OP(=O)(O)O)[C@H]1O. The van der Waals surface area contributed by atoms with Crippen LogP contribution < -0.4 is 0 Å². The molecule has 2 unspecified atom stereocenters. The highest BCUT2D eigenvalue weighted by atomic mass is 31.3. The molecule has 1 aliphatic rings. The van der Waals surface area contributed by atoms with Crippen LogP contribution in [0.1, 0.15) is 11.9 Å². The Hall–Kier alpha value is -1.60. The average Bonchev–Trinajstić information content (AvgIpc) is 3.19. The first kappa shape index (κ1) is 27.0. The molecule has 188 valence electrons. The van der Waals surface area contributed by atoms with Crippen molar-refractivity contribution < 1.29 is 65.8 Å². The summed E-state index contributed by atoms with van der Waals surface area (Å²) in [5.74, 6) is -1.71. The van der Waals surface area contributed by atoms with E-state index in [4.69, 9.17) is 25.8 Å². The topological polar surface area (TPSA) is 240 Å². The lowest BCUT2D eigenvalue weighted by Gasteiger charge is -2.27. The maximum atomic E-state index is 15.5. The molecule has 0 aliphatic carbocycles. The molecule has 6 N–H and O–H groups in total. The second-order valence-electron chi connectivity index (χ2n) is 6.91. The minimum absolute atomic E-state index is 0.121. The zero-order chi connectivity index (χ0) is 25.7. The number of rotatable bonds is 8. The fourth-order valence-corrected chi connectivity index (χ4v) is 6.13. The quantitative estimate of drug-likeness (QED) is 0.188. The van der Waals surface area contributed by atoms with E-state index >= 15 is 4.39 Å². The third kappa shape index (κ3) is 5.30. The van der Waals surface area contributed by atoms with Crippen molar-refractivity contribution in [1.29, 1.82) is 0 Å². The van der Waals surface area contributed by atoms with E-state index in [9.17, 15) is 28.8 Å². The van der Waals surface area contributed by atoms with E-state index in [1.54, 1.807) is 12.8 Å². The summed E-state index contributed by atoms with van der Waals surface area (Å²) in [6.07, 6.45) is 3.28. The highest BCUT2D eigenvalue weighted by molar-refractivity contribution is 7.66. The van der Waals surface area contributed by atoms with Crippen LogP contribution in [-0.4, -0.2) is 68.5 Å². The molecular weight excluding hydrogens is 530 g/mol. The molecule has 0 spiro atoms. The number of phosphoric acid groups is 3. The van der Waals surface area contributed by atoms with Crippen LogP contribution in [-0.2, 0) is 31.6 Å². The number of nitrogens with zero attached hydrogens (tertiary/aromatic N) is 3. The number of aromatic nitrogens is 3. The van der Waals surface area contributed by atoms with Crippen molar-refractivity contribution in [3.8, 4) is 12.3 Å². The first-order chi connectivity index (χ1) is 15.4. The van der Waals surface area contributed by atoms with E-state index < -0.39 is 53.9 Å². The molecular formula is C14H17FN3O13P3. The Kier molecular flexibility index (Phi) is 6.99. The maximum absolute atomic E-state index is 15.5. The van der Waals surface area contributed by atoms with E-state index in [0.717, 1.165) is 10.9 Å². The lowest BCUT2D eigenvalue weighted by molar-refractivity contribution is -0.203. The summed E-state index contributed by atoms with van der Waals surface area (Å²) in [7, 11) is -17.3. The number of aliphatic hydroxyl groups is 2. The normalized spacial score (nSPS) is 31.1. The summed E-state index contributed by atoms with van der Waals surface area (Å²) in [6.45, 7) is -0.0836. The predicted molar refractivity (Wildman–Crippen MR) is 106 cm³/mol. The number of hydrogen-bond acceptors (Lipinski definition) is 11. The van der Waals surface area contributed by atoms with Crippen LogP contribution in [0, 0.1) is 19.3 Å². The number of hydrogen-bond donors (Lipinski definition) is 6. The molecule has 3 rings (SSSR count). The van der Waals surface area contributed by atoms with Crippen molar-refractivity contribution in [2.75, 3.05) is 6.61 Å². The third-order valence-corrected chi connectivity index (χ3v) is 8.32. The van der Waals surface area contributed by atoms with E-state index in [2.05, 4.69) is 23.1 Å². The van der Waals surface area contributed by atoms with Crippen molar-refractivity contribution in [1.82, 2.24) is 14.5 Å². The van der Waals surface area contributed by atoms with Gasteiger partial charge in [0, 0.05) is 11.6 Å². The number of terminal acetylenes is 1. The number of halogens is 1. The monoisotopic (exact) mass is 547 g/mol. The molecule has 20 heteroatoms. The van der Waals surface area contributed by atoms with Crippen LogP contribution in [0.3, 0.4) is 0 Å². The summed E-state index contributed by atoms with van der Waals surface area (Å²) in [5, 5.41) is 21.6. The average molecular weight is 547 g/mol. The van der Waals surface area contributed by atoms with E-state index in [1.165, 1.54) is 12.3 Å². The molecule has 34 heavy (non-hydrogen) atoms. The summed E-state index contributed by atoms with van der Waals surface area (Å²) >= 11 is 0. The van der Waals surface area contributed by atoms with Crippen molar-refractivity contribution in [2.45, 2.75) is 30.7 Å². The Balaban J connectivity index is 1.86.